The molecule has 2 amide bonds. The molecule has 3 aromatic carbocycles. The number of benzene rings is 3. The van der Waals surface area contributed by atoms with Crippen molar-refractivity contribution in [2.24, 2.45) is 0 Å². The summed E-state index contributed by atoms with van der Waals surface area (Å²) >= 11 is 0. The van der Waals surface area contributed by atoms with E-state index in [-0.39, 0.29) is 17.9 Å². The molecule has 1 aliphatic rings. The summed E-state index contributed by atoms with van der Waals surface area (Å²) in [5.74, 6) is 0.781. The number of hydrogen-bond acceptors (Lipinski definition) is 3. The third kappa shape index (κ3) is 4.94. The van der Waals surface area contributed by atoms with E-state index < -0.39 is 0 Å². The SMILES string of the molecule is COc1cccc(-c2ccc(C(=O)N3CCC(NC(=O)c4ccccc4)CC3)cc2)c1. The van der Waals surface area contributed by atoms with Crippen molar-refractivity contribution in [3.8, 4) is 16.9 Å². The number of carbonyl (C=O) groups excluding carboxylic acids is 2. The second kappa shape index (κ2) is 9.47. The molecule has 1 heterocycles. The zero-order chi connectivity index (χ0) is 21.6. The second-order valence-corrected chi connectivity index (χ2v) is 7.72. The maximum absolute atomic E-state index is 12.9. The molecule has 1 aliphatic heterocycles. The summed E-state index contributed by atoms with van der Waals surface area (Å²) in [6.45, 7) is 1.27. The molecule has 1 N–H and O–H groups in total. The van der Waals surface area contributed by atoms with E-state index in [1.807, 2.05) is 83.8 Å². The van der Waals surface area contributed by atoms with Crippen LogP contribution in [-0.4, -0.2) is 43.0 Å². The van der Waals surface area contributed by atoms with Gasteiger partial charge in [-0.1, -0.05) is 42.5 Å². The van der Waals surface area contributed by atoms with E-state index in [4.69, 9.17) is 4.74 Å². The number of rotatable bonds is 5. The van der Waals surface area contributed by atoms with E-state index in [0.29, 0.717) is 24.2 Å². The van der Waals surface area contributed by atoms with Crippen LogP contribution in [0.15, 0.2) is 78.9 Å². The average molecular weight is 415 g/mol. The lowest BCUT2D eigenvalue weighted by Crippen LogP contribution is -2.46. The highest BCUT2D eigenvalue weighted by atomic mass is 16.5. The van der Waals surface area contributed by atoms with Gasteiger partial charge >= 0.3 is 0 Å². The third-order valence-electron chi connectivity index (χ3n) is 5.69. The molecule has 0 bridgehead atoms. The molecule has 0 aliphatic carbocycles. The van der Waals surface area contributed by atoms with Crippen molar-refractivity contribution in [1.29, 1.82) is 0 Å². The third-order valence-corrected chi connectivity index (χ3v) is 5.69. The first kappa shape index (κ1) is 20.7. The lowest BCUT2D eigenvalue weighted by atomic mass is 10.0. The minimum Gasteiger partial charge on any atom is -0.497 e. The van der Waals surface area contributed by atoms with Gasteiger partial charge in [-0.05, 0) is 60.4 Å². The summed E-state index contributed by atoms with van der Waals surface area (Å²) in [7, 11) is 1.65. The van der Waals surface area contributed by atoms with E-state index in [9.17, 15) is 9.59 Å². The quantitative estimate of drug-likeness (QED) is 0.673. The van der Waals surface area contributed by atoms with Gasteiger partial charge in [0.1, 0.15) is 5.75 Å². The molecule has 31 heavy (non-hydrogen) atoms. The highest BCUT2D eigenvalue weighted by Crippen LogP contribution is 2.24. The Labute approximate surface area is 182 Å². The Hall–Kier alpha value is -3.60. The van der Waals surface area contributed by atoms with Gasteiger partial charge in [0, 0.05) is 30.3 Å². The van der Waals surface area contributed by atoms with E-state index >= 15 is 0 Å². The lowest BCUT2D eigenvalue weighted by Gasteiger charge is -2.32. The number of amides is 2. The van der Waals surface area contributed by atoms with Gasteiger partial charge < -0.3 is 15.0 Å². The van der Waals surface area contributed by atoms with Gasteiger partial charge in [0.15, 0.2) is 0 Å². The largest absolute Gasteiger partial charge is 0.497 e. The molecule has 0 spiro atoms. The van der Waals surface area contributed by atoms with Crippen LogP contribution in [0.25, 0.3) is 11.1 Å². The standard InChI is InChI=1S/C26H26N2O3/c1-31-24-9-5-8-22(18-24)19-10-12-21(13-11-19)26(30)28-16-14-23(15-17-28)27-25(29)20-6-3-2-4-7-20/h2-13,18,23H,14-17H2,1H3,(H,27,29). The minimum absolute atomic E-state index is 0.0324. The van der Waals surface area contributed by atoms with Crippen molar-refractivity contribution in [2.75, 3.05) is 20.2 Å². The number of nitrogens with one attached hydrogen (secondary N) is 1. The molecule has 5 nitrogen and oxygen atoms in total. The fraction of sp³-hybridized carbons (Fsp3) is 0.231. The highest BCUT2D eigenvalue weighted by molar-refractivity contribution is 5.95. The molecule has 0 unspecified atom stereocenters. The molecule has 0 saturated carbocycles. The molecule has 0 radical (unpaired) electrons. The molecule has 1 saturated heterocycles. The average Bonchev–Trinajstić information content (AvgIpc) is 2.85. The Morgan fingerprint density at radius 3 is 2.23 bits per heavy atom. The summed E-state index contributed by atoms with van der Waals surface area (Å²) in [6.07, 6.45) is 1.51. The van der Waals surface area contributed by atoms with Crippen molar-refractivity contribution in [2.45, 2.75) is 18.9 Å². The van der Waals surface area contributed by atoms with Crippen molar-refractivity contribution >= 4 is 11.8 Å². The summed E-state index contributed by atoms with van der Waals surface area (Å²) < 4.78 is 5.29. The van der Waals surface area contributed by atoms with Crippen LogP contribution < -0.4 is 10.1 Å². The van der Waals surface area contributed by atoms with E-state index in [0.717, 1.165) is 29.7 Å². The summed E-state index contributed by atoms with van der Waals surface area (Å²) in [5.41, 5.74) is 3.43. The Kier molecular flexibility index (Phi) is 6.32. The number of piperidine rings is 1. The highest BCUT2D eigenvalue weighted by Gasteiger charge is 2.24. The summed E-state index contributed by atoms with van der Waals surface area (Å²) in [5, 5.41) is 3.08. The predicted molar refractivity (Wildman–Crippen MR) is 121 cm³/mol. The van der Waals surface area contributed by atoms with Crippen molar-refractivity contribution < 1.29 is 14.3 Å². The van der Waals surface area contributed by atoms with Gasteiger partial charge in [-0.25, -0.2) is 0 Å². The van der Waals surface area contributed by atoms with Crippen LogP contribution in [0.4, 0.5) is 0 Å². The molecule has 0 atom stereocenters. The van der Waals surface area contributed by atoms with Gasteiger partial charge in [0.05, 0.1) is 7.11 Å². The number of ether oxygens (including phenoxy) is 1. The topological polar surface area (TPSA) is 58.6 Å². The Morgan fingerprint density at radius 2 is 1.55 bits per heavy atom. The van der Waals surface area contributed by atoms with Crippen LogP contribution in [0.2, 0.25) is 0 Å². The number of nitrogens with zero attached hydrogens (tertiary/aromatic N) is 1. The van der Waals surface area contributed by atoms with Gasteiger partial charge in [-0.3, -0.25) is 9.59 Å². The minimum atomic E-state index is -0.0569. The molecule has 5 heteroatoms. The molecular weight excluding hydrogens is 388 g/mol. The number of methoxy groups -OCH3 is 1. The normalized spacial score (nSPS) is 14.2. The van der Waals surface area contributed by atoms with Crippen molar-refractivity contribution in [1.82, 2.24) is 10.2 Å². The molecule has 4 rings (SSSR count). The number of likely N-dealkylation sites (tertiary alicyclic amines) is 1. The first-order valence-electron chi connectivity index (χ1n) is 10.5. The molecular formula is C26H26N2O3. The molecule has 1 fully saturated rings. The smallest absolute Gasteiger partial charge is 0.253 e. The van der Waals surface area contributed by atoms with E-state index in [2.05, 4.69) is 5.32 Å². The molecule has 3 aromatic rings. The molecule has 158 valence electrons. The summed E-state index contributed by atoms with van der Waals surface area (Å²) in [6, 6.07) is 24.9. The number of hydrogen-bond donors (Lipinski definition) is 1. The van der Waals surface area contributed by atoms with E-state index in [1.54, 1.807) is 7.11 Å². The number of carbonyl (C=O) groups is 2. The fourth-order valence-corrected chi connectivity index (χ4v) is 3.88. The van der Waals surface area contributed by atoms with Crippen LogP contribution in [0.5, 0.6) is 5.75 Å². The zero-order valence-corrected chi connectivity index (χ0v) is 17.6. The molecule has 0 aromatic heterocycles. The maximum atomic E-state index is 12.9. The van der Waals surface area contributed by atoms with Crippen LogP contribution in [0.1, 0.15) is 33.6 Å². The van der Waals surface area contributed by atoms with Crippen molar-refractivity contribution in [3.63, 3.8) is 0 Å². The Balaban J connectivity index is 1.33. The Bertz CT molecular complexity index is 1040. The first-order valence-corrected chi connectivity index (χ1v) is 10.5. The zero-order valence-electron chi connectivity index (χ0n) is 17.6. The predicted octanol–water partition coefficient (Wildman–Crippen LogP) is 4.40. The second-order valence-electron chi connectivity index (χ2n) is 7.72. The van der Waals surface area contributed by atoms with Crippen LogP contribution in [0.3, 0.4) is 0 Å². The first-order chi connectivity index (χ1) is 15.1. The van der Waals surface area contributed by atoms with Gasteiger partial charge in [0.2, 0.25) is 0 Å². The van der Waals surface area contributed by atoms with Crippen molar-refractivity contribution in [3.05, 3.63) is 90.0 Å². The van der Waals surface area contributed by atoms with Crippen LogP contribution in [0, 0.1) is 0 Å². The summed E-state index contributed by atoms with van der Waals surface area (Å²) in [4.78, 5) is 27.1. The fourth-order valence-electron chi connectivity index (χ4n) is 3.88. The maximum Gasteiger partial charge on any atom is 0.253 e. The lowest BCUT2D eigenvalue weighted by molar-refractivity contribution is 0.0698. The van der Waals surface area contributed by atoms with Gasteiger partial charge in [0.25, 0.3) is 11.8 Å². The van der Waals surface area contributed by atoms with E-state index in [1.165, 1.54) is 0 Å². The Morgan fingerprint density at radius 1 is 0.839 bits per heavy atom. The van der Waals surface area contributed by atoms with Gasteiger partial charge in [-0.15, -0.1) is 0 Å². The monoisotopic (exact) mass is 414 g/mol. The van der Waals surface area contributed by atoms with Crippen LogP contribution >= 0.6 is 0 Å². The van der Waals surface area contributed by atoms with Crippen LogP contribution in [-0.2, 0) is 0 Å². The van der Waals surface area contributed by atoms with Gasteiger partial charge in [-0.2, -0.15) is 0 Å².